The predicted octanol–water partition coefficient (Wildman–Crippen LogP) is 4.04. The van der Waals surface area contributed by atoms with Crippen LogP contribution in [-0.2, 0) is 6.42 Å². The van der Waals surface area contributed by atoms with Gasteiger partial charge in [-0.25, -0.2) is 9.97 Å². The van der Waals surface area contributed by atoms with Crippen molar-refractivity contribution in [2.45, 2.75) is 44.7 Å². The molecule has 0 atom stereocenters. The molecule has 7 heteroatoms. The lowest BCUT2D eigenvalue weighted by Crippen LogP contribution is -2.16. The Balaban J connectivity index is 2.30. The highest BCUT2D eigenvalue weighted by Gasteiger charge is 2.33. The summed E-state index contributed by atoms with van der Waals surface area (Å²) in [6.45, 7) is 2.66. The second-order valence-corrected chi connectivity index (χ2v) is 5.47. The molecule has 1 aliphatic carbocycles. The number of alkyl halides is 3. The van der Waals surface area contributed by atoms with Crippen molar-refractivity contribution < 1.29 is 13.2 Å². The van der Waals surface area contributed by atoms with Crippen molar-refractivity contribution in [1.29, 1.82) is 0 Å². The van der Waals surface area contributed by atoms with E-state index >= 15 is 0 Å². The predicted molar refractivity (Wildman–Crippen MR) is 70.2 cm³/mol. The van der Waals surface area contributed by atoms with E-state index in [0.717, 1.165) is 19.3 Å². The minimum atomic E-state index is -4.28. The molecule has 1 aromatic rings. The molecule has 1 fully saturated rings. The first-order valence-electron chi connectivity index (χ1n) is 6.27. The normalized spacial score (nSPS) is 15.6. The van der Waals surface area contributed by atoms with Gasteiger partial charge in [0, 0.05) is 12.5 Å². The number of hydrogen-bond acceptors (Lipinski definition) is 3. The van der Waals surface area contributed by atoms with Crippen LogP contribution in [0, 0.1) is 0 Å². The van der Waals surface area contributed by atoms with Crippen molar-refractivity contribution in [3.63, 3.8) is 0 Å². The molecule has 0 spiro atoms. The maximum atomic E-state index is 12.5. The topological polar surface area (TPSA) is 37.8 Å². The van der Waals surface area contributed by atoms with Crippen LogP contribution in [0.25, 0.3) is 0 Å². The van der Waals surface area contributed by atoms with Gasteiger partial charge in [0.05, 0.1) is 10.2 Å². The molecule has 1 saturated carbocycles. The molecular formula is C12H15BrF3N3. The van der Waals surface area contributed by atoms with E-state index in [2.05, 4.69) is 31.2 Å². The van der Waals surface area contributed by atoms with Crippen LogP contribution in [0.15, 0.2) is 4.47 Å². The summed E-state index contributed by atoms with van der Waals surface area (Å²) in [6.07, 6.45) is -2.52. The van der Waals surface area contributed by atoms with Crippen LogP contribution in [-0.4, -0.2) is 22.7 Å². The Labute approximate surface area is 118 Å². The van der Waals surface area contributed by atoms with E-state index in [9.17, 15) is 13.2 Å². The monoisotopic (exact) mass is 337 g/mol. The van der Waals surface area contributed by atoms with Crippen molar-refractivity contribution in [1.82, 2.24) is 9.97 Å². The van der Waals surface area contributed by atoms with Crippen LogP contribution in [0.1, 0.15) is 43.6 Å². The highest BCUT2D eigenvalue weighted by molar-refractivity contribution is 9.10. The third-order valence-corrected chi connectivity index (χ3v) is 3.57. The number of aromatic nitrogens is 2. The van der Waals surface area contributed by atoms with Crippen molar-refractivity contribution >= 4 is 21.7 Å². The molecule has 3 nitrogen and oxygen atoms in total. The minimum Gasteiger partial charge on any atom is -0.369 e. The fraction of sp³-hybridized carbons (Fsp3) is 0.667. The molecule has 2 rings (SSSR count). The van der Waals surface area contributed by atoms with Gasteiger partial charge in [0.25, 0.3) is 0 Å². The van der Waals surface area contributed by atoms with Gasteiger partial charge in [-0.1, -0.05) is 6.92 Å². The van der Waals surface area contributed by atoms with Gasteiger partial charge in [0.15, 0.2) is 0 Å². The average Bonchev–Trinajstić information content (AvgIpc) is 3.11. The van der Waals surface area contributed by atoms with Gasteiger partial charge in [0.1, 0.15) is 18.1 Å². The zero-order chi connectivity index (χ0) is 14.0. The summed E-state index contributed by atoms with van der Waals surface area (Å²) in [7, 11) is 0. The molecule has 0 radical (unpaired) electrons. The number of rotatable bonds is 5. The smallest absolute Gasteiger partial charge is 0.369 e. The zero-order valence-corrected chi connectivity index (χ0v) is 12.1. The first-order valence-corrected chi connectivity index (χ1v) is 7.07. The van der Waals surface area contributed by atoms with Crippen molar-refractivity contribution in [3.05, 3.63) is 16.0 Å². The van der Waals surface area contributed by atoms with E-state index in [1.165, 1.54) is 0 Å². The third-order valence-electron chi connectivity index (χ3n) is 2.79. The molecule has 0 unspecified atom stereocenters. The lowest BCUT2D eigenvalue weighted by Gasteiger charge is -2.13. The van der Waals surface area contributed by atoms with E-state index in [-0.39, 0.29) is 11.7 Å². The number of halogens is 4. The Bertz CT molecular complexity index is 458. The zero-order valence-electron chi connectivity index (χ0n) is 10.5. The van der Waals surface area contributed by atoms with Crippen LogP contribution in [0.2, 0.25) is 0 Å². The SMILES string of the molecule is CCCNc1nc(CC(F)(F)F)nc(C2CC2)c1Br. The summed E-state index contributed by atoms with van der Waals surface area (Å²) in [4.78, 5) is 8.05. The summed E-state index contributed by atoms with van der Waals surface area (Å²) < 4.78 is 38.1. The van der Waals surface area contributed by atoms with Crippen LogP contribution < -0.4 is 5.32 Å². The van der Waals surface area contributed by atoms with Crippen LogP contribution >= 0.6 is 15.9 Å². The number of nitrogens with one attached hydrogen (secondary N) is 1. The van der Waals surface area contributed by atoms with Gasteiger partial charge >= 0.3 is 6.18 Å². The highest BCUT2D eigenvalue weighted by Crippen LogP contribution is 2.44. The van der Waals surface area contributed by atoms with Crippen molar-refractivity contribution in [2.75, 3.05) is 11.9 Å². The second kappa shape index (κ2) is 5.64. The molecule has 106 valence electrons. The molecule has 0 aliphatic heterocycles. The quantitative estimate of drug-likeness (QED) is 0.880. The van der Waals surface area contributed by atoms with Gasteiger partial charge in [0.2, 0.25) is 0 Å². The standard InChI is InChI=1S/C12H15BrF3N3/c1-2-5-17-11-9(13)10(7-3-4-7)18-8(19-11)6-12(14,15)16/h7H,2-6H2,1H3,(H,17,18,19). The molecular weight excluding hydrogens is 323 g/mol. The summed E-state index contributed by atoms with van der Waals surface area (Å²) >= 11 is 3.40. The minimum absolute atomic E-state index is 0.156. The molecule has 0 bridgehead atoms. The first kappa shape index (κ1) is 14.6. The van der Waals surface area contributed by atoms with Crippen molar-refractivity contribution in [3.8, 4) is 0 Å². The average molecular weight is 338 g/mol. The molecule has 1 aliphatic rings. The Morgan fingerprint density at radius 3 is 2.53 bits per heavy atom. The fourth-order valence-corrected chi connectivity index (χ4v) is 2.40. The Morgan fingerprint density at radius 2 is 2.00 bits per heavy atom. The fourth-order valence-electron chi connectivity index (χ4n) is 1.76. The largest absolute Gasteiger partial charge is 0.396 e. The molecule has 19 heavy (non-hydrogen) atoms. The Morgan fingerprint density at radius 1 is 1.32 bits per heavy atom. The maximum absolute atomic E-state index is 12.5. The highest BCUT2D eigenvalue weighted by atomic mass is 79.9. The van der Waals surface area contributed by atoms with Gasteiger partial charge in [-0.3, -0.25) is 0 Å². The Kier molecular flexibility index (Phi) is 4.32. The Hall–Kier alpha value is -0.850. The summed E-state index contributed by atoms with van der Waals surface area (Å²) in [5.41, 5.74) is 0.702. The van der Waals surface area contributed by atoms with Gasteiger partial charge in [-0.05, 0) is 35.2 Å². The summed E-state index contributed by atoms with van der Waals surface area (Å²) in [5, 5.41) is 3.05. The van der Waals surface area contributed by atoms with Crippen LogP contribution in [0.4, 0.5) is 19.0 Å². The number of hydrogen-bond donors (Lipinski definition) is 1. The van der Waals surface area contributed by atoms with E-state index in [4.69, 9.17) is 0 Å². The van der Waals surface area contributed by atoms with E-state index in [1.807, 2.05) is 6.92 Å². The third kappa shape index (κ3) is 4.06. The van der Waals surface area contributed by atoms with Crippen LogP contribution in [0.3, 0.4) is 0 Å². The van der Waals surface area contributed by atoms with E-state index < -0.39 is 12.6 Å². The lowest BCUT2D eigenvalue weighted by molar-refractivity contribution is -0.128. The molecule has 0 amide bonds. The van der Waals surface area contributed by atoms with E-state index in [1.54, 1.807) is 0 Å². The van der Waals surface area contributed by atoms with Gasteiger partial charge < -0.3 is 5.32 Å². The van der Waals surface area contributed by atoms with E-state index in [0.29, 0.717) is 22.5 Å². The first-order chi connectivity index (χ1) is 8.90. The summed E-state index contributed by atoms with van der Waals surface area (Å²) in [5.74, 6) is 0.584. The molecule has 1 aromatic heterocycles. The van der Waals surface area contributed by atoms with Crippen LogP contribution in [0.5, 0.6) is 0 Å². The second-order valence-electron chi connectivity index (χ2n) is 4.68. The molecule has 1 N–H and O–H groups in total. The van der Waals surface area contributed by atoms with Crippen molar-refractivity contribution in [2.24, 2.45) is 0 Å². The molecule has 1 heterocycles. The maximum Gasteiger partial charge on any atom is 0.396 e. The summed E-state index contributed by atoms with van der Waals surface area (Å²) in [6, 6.07) is 0. The molecule has 0 aromatic carbocycles. The number of nitrogens with zero attached hydrogens (tertiary/aromatic N) is 2. The molecule has 0 saturated heterocycles. The lowest BCUT2D eigenvalue weighted by atomic mass is 10.2. The number of anilines is 1. The van der Waals surface area contributed by atoms with Gasteiger partial charge in [-0.2, -0.15) is 13.2 Å². The van der Waals surface area contributed by atoms with Gasteiger partial charge in [-0.15, -0.1) is 0 Å².